The highest BCUT2D eigenvalue weighted by atomic mass is 16.2. The van der Waals surface area contributed by atoms with Gasteiger partial charge in [0.25, 0.3) is 5.91 Å². The first-order valence-electron chi connectivity index (χ1n) is 9.08. The van der Waals surface area contributed by atoms with E-state index in [-0.39, 0.29) is 18.4 Å². The number of nitrogens with one attached hydrogen (secondary N) is 2. The SMILES string of the molecule is O=C(CN1C(=O)N[C@H](Cc2c[nH]c3ccccc23)C1=O)N1CCCCC1. The van der Waals surface area contributed by atoms with Crippen LogP contribution in [0.5, 0.6) is 0 Å². The molecule has 1 aromatic heterocycles. The number of amides is 4. The summed E-state index contributed by atoms with van der Waals surface area (Å²) >= 11 is 0. The Morgan fingerprint density at radius 3 is 2.69 bits per heavy atom. The van der Waals surface area contributed by atoms with Crippen LogP contribution in [-0.2, 0) is 16.0 Å². The second-order valence-electron chi connectivity index (χ2n) is 6.93. The van der Waals surface area contributed by atoms with Crippen LogP contribution in [0.2, 0.25) is 0 Å². The third-order valence-corrected chi connectivity index (χ3v) is 5.21. The van der Waals surface area contributed by atoms with Gasteiger partial charge in [-0.3, -0.25) is 14.5 Å². The van der Waals surface area contributed by atoms with Crippen LogP contribution in [0, 0.1) is 0 Å². The number of carbonyl (C=O) groups excluding carboxylic acids is 3. The fourth-order valence-electron chi connectivity index (χ4n) is 3.76. The molecule has 136 valence electrons. The molecule has 2 saturated heterocycles. The zero-order chi connectivity index (χ0) is 18.1. The summed E-state index contributed by atoms with van der Waals surface area (Å²) in [5.41, 5.74) is 1.97. The van der Waals surface area contributed by atoms with Gasteiger partial charge in [-0.2, -0.15) is 0 Å². The number of para-hydroxylation sites is 1. The Morgan fingerprint density at radius 1 is 1.12 bits per heavy atom. The minimum Gasteiger partial charge on any atom is -0.361 e. The number of aromatic nitrogens is 1. The van der Waals surface area contributed by atoms with Gasteiger partial charge in [0, 0.05) is 36.6 Å². The Labute approximate surface area is 151 Å². The zero-order valence-electron chi connectivity index (χ0n) is 14.5. The Hall–Kier alpha value is -2.83. The largest absolute Gasteiger partial charge is 0.361 e. The van der Waals surface area contributed by atoms with Crippen LogP contribution in [0.25, 0.3) is 10.9 Å². The van der Waals surface area contributed by atoms with E-state index in [1.54, 1.807) is 4.90 Å². The Morgan fingerprint density at radius 2 is 1.88 bits per heavy atom. The van der Waals surface area contributed by atoms with Crippen molar-refractivity contribution >= 4 is 28.7 Å². The second-order valence-corrected chi connectivity index (χ2v) is 6.93. The standard InChI is InChI=1S/C19H22N4O3/c24-17(22-8-4-1-5-9-22)12-23-18(25)16(21-19(23)26)10-13-11-20-15-7-3-2-6-14(13)15/h2-3,6-7,11,16,20H,1,4-5,8-10,12H2,(H,21,26)/t16-/m1/s1. The lowest BCUT2D eigenvalue weighted by Gasteiger charge is -2.27. The number of benzene rings is 1. The van der Waals surface area contributed by atoms with E-state index in [0.29, 0.717) is 19.5 Å². The van der Waals surface area contributed by atoms with Crippen molar-refractivity contribution in [3.63, 3.8) is 0 Å². The molecule has 2 aliphatic rings. The Bertz CT molecular complexity index is 853. The molecule has 0 spiro atoms. The minimum atomic E-state index is -0.629. The molecule has 1 aromatic carbocycles. The molecule has 0 unspecified atom stereocenters. The molecular formula is C19H22N4O3. The van der Waals surface area contributed by atoms with E-state index >= 15 is 0 Å². The molecule has 2 aliphatic heterocycles. The van der Waals surface area contributed by atoms with E-state index in [1.807, 2.05) is 30.5 Å². The van der Waals surface area contributed by atoms with Crippen LogP contribution >= 0.6 is 0 Å². The molecule has 26 heavy (non-hydrogen) atoms. The maximum Gasteiger partial charge on any atom is 0.325 e. The molecule has 0 bridgehead atoms. The normalized spacial score (nSPS) is 20.7. The molecule has 0 aliphatic carbocycles. The first-order valence-corrected chi connectivity index (χ1v) is 9.08. The summed E-state index contributed by atoms with van der Waals surface area (Å²) < 4.78 is 0. The third kappa shape index (κ3) is 3.05. The lowest BCUT2D eigenvalue weighted by Crippen LogP contribution is -2.45. The number of aromatic amines is 1. The van der Waals surface area contributed by atoms with Crippen LogP contribution < -0.4 is 5.32 Å². The van der Waals surface area contributed by atoms with Gasteiger partial charge in [0.1, 0.15) is 12.6 Å². The van der Waals surface area contributed by atoms with Gasteiger partial charge in [-0.15, -0.1) is 0 Å². The van der Waals surface area contributed by atoms with Crippen molar-refractivity contribution in [3.05, 3.63) is 36.0 Å². The Balaban J connectivity index is 1.44. The smallest absolute Gasteiger partial charge is 0.325 e. The third-order valence-electron chi connectivity index (χ3n) is 5.21. The van der Waals surface area contributed by atoms with Crippen molar-refractivity contribution in [3.8, 4) is 0 Å². The van der Waals surface area contributed by atoms with Crippen LogP contribution in [0.3, 0.4) is 0 Å². The molecule has 7 nitrogen and oxygen atoms in total. The van der Waals surface area contributed by atoms with Gasteiger partial charge in [0.05, 0.1) is 0 Å². The van der Waals surface area contributed by atoms with E-state index in [4.69, 9.17) is 0 Å². The molecule has 7 heteroatoms. The van der Waals surface area contributed by atoms with Crippen LogP contribution in [-0.4, -0.2) is 58.3 Å². The monoisotopic (exact) mass is 354 g/mol. The van der Waals surface area contributed by atoms with Crippen molar-refractivity contribution in [2.75, 3.05) is 19.6 Å². The summed E-state index contributed by atoms with van der Waals surface area (Å²) in [7, 11) is 0. The number of H-pyrrole nitrogens is 1. The summed E-state index contributed by atoms with van der Waals surface area (Å²) in [5.74, 6) is -0.480. The van der Waals surface area contributed by atoms with E-state index < -0.39 is 12.1 Å². The molecule has 0 saturated carbocycles. The molecule has 2 fully saturated rings. The first-order chi connectivity index (χ1) is 12.6. The van der Waals surface area contributed by atoms with Crippen molar-refractivity contribution in [1.29, 1.82) is 0 Å². The molecule has 3 heterocycles. The van der Waals surface area contributed by atoms with Crippen molar-refractivity contribution in [1.82, 2.24) is 20.1 Å². The van der Waals surface area contributed by atoms with Gasteiger partial charge in [-0.25, -0.2) is 4.79 Å². The topological polar surface area (TPSA) is 85.5 Å². The fraction of sp³-hybridized carbons (Fsp3) is 0.421. The van der Waals surface area contributed by atoms with Gasteiger partial charge in [0.2, 0.25) is 5.91 Å². The lowest BCUT2D eigenvalue weighted by atomic mass is 10.1. The summed E-state index contributed by atoms with van der Waals surface area (Å²) in [6, 6.07) is 6.73. The van der Waals surface area contributed by atoms with Gasteiger partial charge < -0.3 is 15.2 Å². The number of hydrogen-bond acceptors (Lipinski definition) is 3. The van der Waals surface area contributed by atoms with E-state index in [2.05, 4.69) is 10.3 Å². The quantitative estimate of drug-likeness (QED) is 0.819. The number of imide groups is 1. The van der Waals surface area contributed by atoms with E-state index in [0.717, 1.165) is 40.6 Å². The van der Waals surface area contributed by atoms with Crippen LogP contribution in [0.15, 0.2) is 30.5 Å². The van der Waals surface area contributed by atoms with Crippen LogP contribution in [0.4, 0.5) is 4.79 Å². The maximum atomic E-state index is 12.7. The number of urea groups is 1. The minimum absolute atomic E-state index is 0.152. The molecule has 1 atom stereocenters. The molecule has 4 rings (SSSR count). The number of likely N-dealkylation sites (tertiary alicyclic amines) is 1. The summed E-state index contributed by atoms with van der Waals surface area (Å²) in [6.45, 7) is 1.25. The summed E-state index contributed by atoms with van der Waals surface area (Å²) in [6.07, 6.45) is 5.36. The highest BCUT2D eigenvalue weighted by molar-refractivity contribution is 6.06. The number of fused-ring (bicyclic) bond motifs is 1. The number of piperidine rings is 1. The van der Waals surface area contributed by atoms with Crippen LogP contribution in [0.1, 0.15) is 24.8 Å². The number of hydrogen-bond donors (Lipinski definition) is 2. The van der Waals surface area contributed by atoms with E-state index in [1.165, 1.54) is 0 Å². The maximum absolute atomic E-state index is 12.7. The average Bonchev–Trinajstić information content (AvgIpc) is 3.19. The van der Waals surface area contributed by atoms with Gasteiger partial charge in [0.15, 0.2) is 0 Å². The van der Waals surface area contributed by atoms with Crippen molar-refractivity contribution in [2.45, 2.75) is 31.7 Å². The van der Waals surface area contributed by atoms with E-state index in [9.17, 15) is 14.4 Å². The molecule has 2 N–H and O–H groups in total. The highest BCUT2D eigenvalue weighted by Gasteiger charge is 2.39. The fourth-order valence-corrected chi connectivity index (χ4v) is 3.76. The predicted octanol–water partition coefficient (Wildman–Crippen LogP) is 1.64. The lowest BCUT2D eigenvalue weighted by molar-refractivity contribution is -0.137. The summed E-state index contributed by atoms with van der Waals surface area (Å²) in [4.78, 5) is 43.2. The van der Waals surface area contributed by atoms with Gasteiger partial charge in [-0.1, -0.05) is 18.2 Å². The van der Waals surface area contributed by atoms with Crippen molar-refractivity contribution in [2.24, 2.45) is 0 Å². The number of nitrogens with zero attached hydrogens (tertiary/aromatic N) is 2. The van der Waals surface area contributed by atoms with Crippen molar-refractivity contribution < 1.29 is 14.4 Å². The summed E-state index contributed by atoms with van der Waals surface area (Å²) in [5, 5.41) is 3.76. The Kier molecular flexibility index (Phi) is 4.36. The highest BCUT2D eigenvalue weighted by Crippen LogP contribution is 2.21. The zero-order valence-corrected chi connectivity index (χ0v) is 14.5. The molecule has 4 amide bonds. The number of rotatable bonds is 4. The average molecular weight is 354 g/mol. The first kappa shape index (κ1) is 16.6. The number of carbonyl (C=O) groups is 3. The van der Waals surface area contributed by atoms with Gasteiger partial charge >= 0.3 is 6.03 Å². The molecular weight excluding hydrogens is 332 g/mol. The molecule has 0 radical (unpaired) electrons. The molecule has 2 aromatic rings. The van der Waals surface area contributed by atoms with Gasteiger partial charge in [-0.05, 0) is 30.9 Å². The predicted molar refractivity (Wildman–Crippen MR) is 96.5 cm³/mol. The second kappa shape index (κ2) is 6.82.